The third kappa shape index (κ3) is 1.41. The Bertz CT molecular complexity index is 374. The van der Waals surface area contributed by atoms with E-state index in [0.29, 0.717) is 11.1 Å². The van der Waals surface area contributed by atoms with Crippen LogP contribution in [0.15, 0.2) is 0 Å². The van der Waals surface area contributed by atoms with E-state index in [0.717, 1.165) is 36.6 Å². The van der Waals surface area contributed by atoms with Crippen molar-refractivity contribution in [3.05, 3.63) is 22.2 Å². The van der Waals surface area contributed by atoms with Gasteiger partial charge in [0.15, 0.2) is 0 Å². The van der Waals surface area contributed by atoms with Crippen molar-refractivity contribution in [3.63, 3.8) is 0 Å². The van der Waals surface area contributed by atoms with Gasteiger partial charge in [-0.05, 0) is 12.8 Å². The molecular formula is C10H12ClN3. The van der Waals surface area contributed by atoms with Crippen molar-refractivity contribution >= 4 is 11.6 Å². The van der Waals surface area contributed by atoms with Gasteiger partial charge >= 0.3 is 0 Å². The highest BCUT2D eigenvalue weighted by Crippen LogP contribution is 2.39. The summed E-state index contributed by atoms with van der Waals surface area (Å²) in [6.45, 7) is 1.82. The van der Waals surface area contributed by atoms with Crippen molar-refractivity contribution in [2.24, 2.45) is 0 Å². The molecule has 3 nitrogen and oxygen atoms in total. The van der Waals surface area contributed by atoms with Gasteiger partial charge in [0.2, 0.25) is 0 Å². The summed E-state index contributed by atoms with van der Waals surface area (Å²) in [5.41, 5.74) is 2.26. The molecule has 2 aliphatic rings. The van der Waals surface area contributed by atoms with Gasteiger partial charge in [-0.15, -0.1) is 0 Å². The summed E-state index contributed by atoms with van der Waals surface area (Å²) in [4.78, 5) is 8.96. The second-order valence-electron chi connectivity index (χ2n) is 4.00. The number of hydrogen-bond acceptors (Lipinski definition) is 3. The first-order valence-electron chi connectivity index (χ1n) is 5.10. The minimum absolute atomic E-state index is 0.590. The van der Waals surface area contributed by atoms with Crippen LogP contribution in [0.1, 0.15) is 35.8 Å². The van der Waals surface area contributed by atoms with Crippen molar-refractivity contribution in [2.75, 3.05) is 6.54 Å². The van der Waals surface area contributed by atoms with Gasteiger partial charge in [0.1, 0.15) is 11.0 Å². The van der Waals surface area contributed by atoms with E-state index in [2.05, 4.69) is 15.3 Å². The number of halogens is 1. The lowest BCUT2D eigenvalue weighted by molar-refractivity contribution is 0.620. The standard InChI is InChI=1S/C10H12ClN3/c11-9-7-5-12-4-3-8(7)13-10(14-9)6-1-2-6/h6,12H,1-5H2. The van der Waals surface area contributed by atoms with E-state index in [1.165, 1.54) is 12.8 Å². The first-order chi connectivity index (χ1) is 6.84. The van der Waals surface area contributed by atoms with Crippen molar-refractivity contribution in [3.8, 4) is 0 Å². The molecule has 1 aromatic rings. The Hall–Kier alpha value is -0.670. The van der Waals surface area contributed by atoms with Crippen LogP contribution in [-0.4, -0.2) is 16.5 Å². The quantitative estimate of drug-likeness (QED) is 0.715. The average Bonchev–Trinajstić information content (AvgIpc) is 3.01. The van der Waals surface area contributed by atoms with E-state index < -0.39 is 0 Å². The zero-order valence-corrected chi connectivity index (χ0v) is 8.64. The summed E-state index contributed by atoms with van der Waals surface area (Å²) in [5, 5.41) is 3.94. The van der Waals surface area contributed by atoms with Gasteiger partial charge in [0.05, 0.1) is 5.69 Å². The predicted octanol–water partition coefficient (Wildman–Crippen LogP) is 1.65. The lowest BCUT2D eigenvalue weighted by atomic mass is 10.1. The molecule has 4 heteroatoms. The molecule has 0 amide bonds. The molecule has 1 N–H and O–H groups in total. The Morgan fingerprint density at radius 2 is 2.14 bits per heavy atom. The number of aromatic nitrogens is 2. The van der Waals surface area contributed by atoms with Gasteiger partial charge in [-0.2, -0.15) is 0 Å². The average molecular weight is 210 g/mol. The SMILES string of the molecule is Clc1nc(C2CC2)nc2c1CNCC2. The third-order valence-corrected chi connectivity index (χ3v) is 3.16. The second kappa shape index (κ2) is 3.17. The monoisotopic (exact) mass is 209 g/mol. The van der Waals surface area contributed by atoms with Gasteiger partial charge in [-0.3, -0.25) is 0 Å². The van der Waals surface area contributed by atoms with E-state index in [9.17, 15) is 0 Å². The number of nitrogens with one attached hydrogen (secondary N) is 1. The van der Waals surface area contributed by atoms with Crippen LogP contribution in [0.5, 0.6) is 0 Å². The first-order valence-corrected chi connectivity index (χ1v) is 5.48. The zero-order valence-electron chi connectivity index (χ0n) is 7.89. The smallest absolute Gasteiger partial charge is 0.137 e. The summed E-state index contributed by atoms with van der Waals surface area (Å²) < 4.78 is 0. The number of nitrogens with zero attached hydrogens (tertiary/aromatic N) is 2. The van der Waals surface area contributed by atoms with Crippen LogP contribution in [0, 0.1) is 0 Å². The van der Waals surface area contributed by atoms with Crippen molar-refractivity contribution in [1.82, 2.24) is 15.3 Å². The Kier molecular flexibility index (Phi) is 1.96. The van der Waals surface area contributed by atoms with Gasteiger partial charge < -0.3 is 5.32 Å². The normalized spacial score (nSPS) is 20.6. The maximum absolute atomic E-state index is 6.13. The second-order valence-corrected chi connectivity index (χ2v) is 4.36. The fourth-order valence-electron chi connectivity index (χ4n) is 1.84. The molecule has 1 aromatic heterocycles. The highest BCUT2D eigenvalue weighted by molar-refractivity contribution is 6.30. The molecule has 0 unspecified atom stereocenters. The molecule has 2 heterocycles. The topological polar surface area (TPSA) is 37.8 Å². The van der Waals surface area contributed by atoms with Crippen LogP contribution in [-0.2, 0) is 13.0 Å². The third-order valence-electron chi connectivity index (χ3n) is 2.84. The summed E-state index contributed by atoms with van der Waals surface area (Å²) in [5.74, 6) is 1.56. The molecule has 0 atom stereocenters. The minimum Gasteiger partial charge on any atom is -0.312 e. The van der Waals surface area contributed by atoms with E-state index in [4.69, 9.17) is 11.6 Å². The molecule has 3 rings (SSSR count). The number of rotatable bonds is 1. The number of hydrogen-bond donors (Lipinski definition) is 1. The molecule has 1 saturated carbocycles. The van der Waals surface area contributed by atoms with Crippen molar-refractivity contribution < 1.29 is 0 Å². The molecule has 14 heavy (non-hydrogen) atoms. The van der Waals surface area contributed by atoms with E-state index in [1.54, 1.807) is 0 Å². The zero-order chi connectivity index (χ0) is 9.54. The molecule has 0 bridgehead atoms. The molecule has 0 radical (unpaired) electrons. The maximum atomic E-state index is 6.13. The Labute approximate surface area is 87.9 Å². The van der Waals surface area contributed by atoms with Crippen LogP contribution < -0.4 is 5.32 Å². The largest absolute Gasteiger partial charge is 0.312 e. The van der Waals surface area contributed by atoms with E-state index in [-0.39, 0.29) is 0 Å². The summed E-state index contributed by atoms with van der Waals surface area (Å²) in [7, 11) is 0. The van der Waals surface area contributed by atoms with Crippen LogP contribution in [0.2, 0.25) is 5.15 Å². The summed E-state index contributed by atoms with van der Waals surface area (Å²) in [6.07, 6.45) is 3.44. The highest BCUT2D eigenvalue weighted by atomic mass is 35.5. The van der Waals surface area contributed by atoms with Crippen molar-refractivity contribution in [1.29, 1.82) is 0 Å². The van der Waals surface area contributed by atoms with E-state index >= 15 is 0 Å². The van der Waals surface area contributed by atoms with Gasteiger partial charge in [-0.25, -0.2) is 9.97 Å². The lowest BCUT2D eigenvalue weighted by Gasteiger charge is -2.17. The first kappa shape index (κ1) is 8.62. The summed E-state index contributed by atoms with van der Waals surface area (Å²) in [6, 6.07) is 0. The Morgan fingerprint density at radius 1 is 1.29 bits per heavy atom. The minimum atomic E-state index is 0.590. The fourth-order valence-corrected chi connectivity index (χ4v) is 2.11. The van der Waals surface area contributed by atoms with E-state index in [1.807, 2.05) is 0 Å². The van der Waals surface area contributed by atoms with Crippen LogP contribution in [0.3, 0.4) is 0 Å². The van der Waals surface area contributed by atoms with Crippen molar-refractivity contribution in [2.45, 2.75) is 31.7 Å². The van der Waals surface area contributed by atoms with Gasteiger partial charge in [0, 0.05) is 31.0 Å². The molecule has 74 valence electrons. The number of fused-ring (bicyclic) bond motifs is 1. The van der Waals surface area contributed by atoms with Crippen LogP contribution in [0.4, 0.5) is 0 Å². The highest BCUT2D eigenvalue weighted by Gasteiger charge is 2.28. The summed E-state index contributed by atoms with van der Waals surface area (Å²) >= 11 is 6.13. The van der Waals surface area contributed by atoms with Gasteiger partial charge in [-0.1, -0.05) is 11.6 Å². The molecular weight excluding hydrogens is 198 g/mol. The predicted molar refractivity (Wildman–Crippen MR) is 54.4 cm³/mol. The Morgan fingerprint density at radius 3 is 2.93 bits per heavy atom. The molecule has 1 aliphatic heterocycles. The molecule has 0 aromatic carbocycles. The molecule has 1 fully saturated rings. The Balaban J connectivity index is 2.06. The van der Waals surface area contributed by atoms with Crippen LogP contribution >= 0.6 is 11.6 Å². The lowest BCUT2D eigenvalue weighted by Crippen LogP contribution is -2.25. The maximum Gasteiger partial charge on any atom is 0.137 e. The fraction of sp³-hybridized carbons (Fsp3) is 0.600. The van der Waals surface area contributed by atoms with Gasteiger partial charge in [0.25, 0.3) is 0 Å². The molecule has 0 spiro atoms. The van der Waals surface area contributed by atoms with Crippen LogP contribution in [0.25, 0.3) is 0 Å². The molecule has 0 saturated heterocycles. The molecule has 1 aliphatic carbocycles.